The summed E-state index contributed by atoms with van der Waals surface area (Å²) in [5.74, 6) is -1.18. The van der Waals surface area contributed by atoms with Crippen LogP contribution in [0.3, 0.4) is 0 Å². The first-order chi connectivity index (χ1) is 12.2. The number of carboxylic acids is 1. The maximum atomic E-state index is 12.7. The van der Waals surface area contributed by atoms with Gasteiger partial charge in [-0.05, 0) is 30.5 Å². The molecule has 0 radical (unpaired) electrons. The minimum absolute atomic E-state index is 0.0396. The highest BCUT2D eigenvalue weighted by Gasteiger charge is 2.47. The van der Waals surface area contributed by atoms with Gasteiger partial charge in [0.1, 0.15) is 6.10 Å². The molecule has 1 saturated carbocycles. The van der Waals surface area contributed by atoms with Crippen molar-refractivity contribution in [3.8, 4) is 0 Å². The van der Waals surface area contributed by atoms with Gasteiger partial charge >= 0.3 is 12.1 Å². The van der Waals surface area contributed by atoms with E-state index in [0.717, 1.165) is 18.6 Å². The lowest BCUT2D eigenvalue weighted by Gasteiger charge is -2.40. The van der Waals surface area contributed by atoms with Crippen LogP contribution in [0, 0.1) is 5.41 Å². The number of carbonyl (C=O) groups is 2. The molecule has 0 bridgehead atoms. The lowest BCUT2D eigenvalue weighted by molar-refractivity contribution is -0.161. The Morgan fingerprint density at radius 3 is 2.38 bits per heavy atom. The van der Waals surface area contributed by atoms with Gasteiger partial charge in [0, 0.05) is 13.0 Å². The Morgan fingerprint density at radius 2 is 1.88 bits per heavy atom. The summed E-state index contributed by atoms with van der Waals surface area (Å²) in [6, 6.07) is 4.69. The average Bonchev–Trinajstić information content (AvgIpc) is 2.57. The molecule has 1 aliphatic carbocycles. The molecule has 0 spiro atoms. The summed E-state index contributed by atoms with van der Waals surface area (Å²) in [5.41, 5.74) is -1.13. The number of carbonyl (C=O) groups excluding carboxylic acids is 1. The molecule has 1 heterocycles. The van der Waals surface area contributed by atoms with Crippen LogP contribution >= 0.6 is 0 Å². The van der Waals surface area contributed by atoms with Gasteiger partial charge in [0.15, 0.2) is 0 Å². The van der Waals surface area contributed by atoms with Gasteiger partial charge in [-0.3, -0.25) is 9.59 Å². The molecule has 1 unspecified atom stereocenters. The van der Waals surface area contributed by atoms with E-state index in [9.17, 15) is 27.9 Å². The second kappa shape index (κ2) is 6.90. The first-order valence-electron chi connectivity index (χ1n) is 8.51. The third-order valence-corrected chi connectivity index (χ3v) is 5.28. The van der Waals surface area contributed by atoms with Gasteiger partial charge in [-0.25, -0.2) is 0 Å². The van der Waals surface area contributed by atoms with E-state index in [1.165, 1.54) is 12.1 Å². The van der Waals surface area contributed by atoms with Crippen molar-refractivity contribution >= 4 is 11.9 Å². The van der Waals surface area contributed by atoms with Crippen LogP contribution in [0.1, 0.15) is 42.9 Å². The number of aliphatic carboxylic acids is 1. The van der Waals surface area contributed by atoms with Crippen molar-refractivity contribution in [2.75, 3.05) is 19.7 Å². The fraction of sp³-hybridized carbons (Fsp3) is 0.556. The molecule has 1 aromatic rings. The molecule has 1 N–H and O–H groups in total. The summed E-state index contributed by atoms with van der Waals surface area (Å²) in [5, 5.41) is 9.37. The van der Waals surface area contributed by atoms with E-state index >= 15 is 0 Å². The van der Waals surface area contributed by atoms with Crippen LogP contribution in [0.15, 0.2) is 24.3 Å². The van der Waals surface area contributed by atoms with Crippen LogP contribution in [-0.4, -0.2) is 41.6 Å². The minimum Gasteiger partial charge on any atom is -0.481 e. The molecular formula is C18H20F3NO4. The number of alkyl halides is 3. The molecule has 1 aliphatic heterocycles. The summed E-state index contributed by atoms with van der Waals surface area (Å²) >= 11 is 0. The molecule has 2 aliphatic rings. The molecule has 26 heavy (non-hydrogen) atoms. The largest absolute Gasteiger partial charge is 0.481 e. The lowest BCUT2D eigenvalue weighted by atomic mass is 9.66. The molecule has 1 amide bonds. The molecule has 1 atom stereocenters. The van der Waals surface area contributed by atoms with Gasteiger partial charge in [-0.2, -0.15) is 13.2 Å². The van der Waals surface area contributed by atoms with E-state index in [1.54, 1.807) is 4.90 Å². The van der Waals surface area contributed by atoms with Gasteiger partial charge in [0.2, 0.25) is 5.91 Å². The van der Waals surface area contributed by atoms with Crippen molar-refractivity contribution in [3.05, 3.63) is 35.4 Å². The first-order valence-corrected chi connectivity index (χ1v) is 8.51. The minimum atomic E-state index is -4.40. The van der Waals surface area contributed by atoms with Gasteiger partial charge in [0.05, 0.1) is 24.1 Å². The zero-order chi connectivity index (χ0) is 18.9. The van der Waals surface area contributed by atoms with Crippen molar-refractivity contribution in [2.45, 2.75) is 38.0 Å². The summed E-state index contributed by atoms with van der Waals surface area (Å²) in [6.07, 6.45) is -3.15. The number of halogens is 3. The molecule has 0 aromatic heterocycles. The maximum Gasteiger partial charge on any atom is 0.416 e. The molecule has 142 valence electrons. The van der Waals surface area contributed by atoms with E-state index in [2.05, 4.69) is 0 Å². The van der Waals surface area contributed by atoms with Gasteiger partial charge in [-0.15, -0.1) is 0 Å². The fourth-order valence-corrected chi connectivity index (χ4v) is 3.44. The summed E-state index contributed by atoms with van der Waals surface area (Å²) < 4.78 is 43.6. The Morgan fingerprint density at radius 1 is 1.23 bits per heavy atom. The number of benzene rings is 1. The number of carboxylic acid groups (broad SMARTS) is 1. The van der Waals surface area contributed by atoms with E-state index in [-0.39, 0.29) is 25.5 Å². The Kier molecular flexibility index (Phi) is 4.96. The first kappa shape index (κ1) is 18.7. The molecular weight excluding hydrogens is 351 g/mol. The maximum absolute atomic E-state index is 12.7. The van der Waals surface area contributed by atoms with Crippen LogP contribution < -0.4 is 0 Å². The van der Waals surface area contributed by atoms with Gasteiger partial charge in [-0.1, -0.05) is 18.6 Å². The SMILES string of the molecule is O=C(CC1(C(=O)O)CCC1)N1CCOC(c2ccc(C(F)(F)F)cc2)C1. The molecule has 8 heteroatoms. The number of ether oxygens (including phenoxy) is 1. The second-order valence-electron chi connectivity index (χ2n) is 6.93. The molecule has 2 fully saturated rings. The van der Waals surface area contributed by atoms with Crippen molar-refractivity contribution in [2.24, 2.45) is 5.41 Å². The third kappa shape index (κ3) is 3.70. The Hall–Kier alpha value is -2.09. The smallest absolute Gasteiger partial charge is 0.416 e. The van der Waals surface area contributed by atoms with Crippen LogP contribution in [0.25, 0.3) is 0 Å². The van der Waals surface area contributed by atoms with Crippen molar-refractivity contribution < 1.29 is 32.6 Å². The fourth-order valence-electron chi connectivity index (χ4n) is 3.44. The average molecular weight is 371 g/mol. The second-order valence-corrected chi connectivity index (χ2v) is 6.93. The number of amides is 1. The highest BCUT2D eigenvalue weighted by Crippen LogP contribution is 2.44. The predicted molar refractivity (Wildman–Crippen MR) is 85.3 cm³/mol. The van der Waals surface area contributed by atoms with Crippen LogP contribution in [0.2, 0.25) is 0 Å². The lowest BCUT2D eigenvalue weighted by Crippen LogP contribution is -2.47. The number of morpholine rings is 1. The van der Waals surface area contributed by atoms with E-state index in [1.807, 2.05) is 0 Å². The normalized spacial score (nSPS) is 22.6. The Balaban J connectivity index is 1.65. The predicted octanol–water partition coefficient (Wildman–Crippen LogP) is 3.25. The number of hydrogen-bond donors (Lipinski definition) is 1. The molecule has 5 nitrogen and oxygen atoms in total. The van der Waals surface area contributed by atoms with Gasteiger partial charge in [0.25, 0.3) is 0 Å². The zero-order valence-corrected chi connectivity index (χ0v) is 14.1. The highest BCUT2D eigenvalue weighted by atomic mass is 19.4. The Bertz CT molecular complexity index is 683. The standard InChI is InChI=1S/C18H20F3NO4/c19-18(20,21)13-4-2-12(3-5-13)14-11-22(8-9-26-14)15(23)10-17(16(24)25)6-1-7-17/h2-5,14H,1,6-11H2,(H,24,25). The molecule has 1 saturated heterocycles. The van der Waals surface area contributed by atoms with E-state index < -0.39 is 29.2 Å². The zero-order valence-electron chi connectivity index (χ0n) is 14.1. The van der Waals surface area contributed by atoms with Crippen LogP contribution in [0.5, 0.6) is 0 Å². The van der Waals surface area contributed by atoms with Crippen molar-refractivity contribution in [1.29, 1.82) is 0 Å². The topological polar surface area (TPSA) is 66.8 Å². The van der Waals surface area contributed by atoms with E-state index in [0.29, 0.717) is 24.9 Å². The summed E-state index contributed by atoms with van der Waals surface area (Å²) in [7, 11) is 0. The Labute approximate surface area is 148 Å². The van der Waals surface area contributed by atoms with Crippen LogP contribution in [0.4, 0.5) is 13.2 Å². The summed E-state index contributed by atoms with van der Waals surface area (Å²) in [6.45, 7) is 0.822. The van der Waals surface area contributed by atoms with E-state index in [4.69, 9.17) is 4.74 Å². The third-order valence-electron chi connectivity index (χ3n) is 5.28. The van der Waals surface area contributed by atoms with Crippen molar-refractivity contribution in [1.82, 2.24) is 4.90 Å². The number of rotatable bonds is 4. The monoisotopic (exact) mass is 371 g/mol. The molecule has 1 aromatic carbocycles. The molecule has 3 rings (SSSR count). The van der Waals surface area contributed by atoms with Crippen molar-refractivity contribution in [3.63, 3.8) is 0 Å². The van der Waals surface area contributed by atoms with Crippen LogP contribution in [-0.2, 0) is 20.5 Å². The number of nitrogens with zero attached hydrogens (tertiary/aromatic N) is 1. The highest BCUT2D eigenvalue weighted by molar-refractivity contribution is 5.85. The summed E-state index contributed by atoms with van der Waals surface area (Å²) in [4.78, 5) is 25.5. The number of hydrogen-bond acceptors (Lipinski definition) is 3. The quantitative estimate of drug-likeness (QED) is 0.882. The van der Waals surface area contributed by atoms with Gasteiger partial charge < -0.3 is 14.7 Å².